The molecule has 0 saturated carbocycles. The normalized spacial score (nSPS) is 13.9. The molecule has 0 N–H and O–H groups in total. The highest BCUT2D eigenvalue weighted by Crippen LogP contribution is 2.21. The molecule has 1 aliphatic rings. The zero-order valence-electron chi connectivity index (χ0n) is 10.7. The first-order chi connectivity index (χ1) is 9.22. The molecule has 4 heteroatoms. The van der Waals surface area contributed by atoms with Gasteiger partial charge in [-0.3, -0.25) is 9.67 Å². The van der Waals surface area contributed by atoms with Crippen LogP contribution in [-0.4, -0.2) is 22.0 Å². The summed E-state index contributed by atoms with van der Waals surface area (Å²) in [4.78, 5) is 4.33. The molecule has 0 aliphatic carbocycles. The molecule has 0 unspecified atom stereocenters. The smallest absolute Gasteiger partial charge is 0.126 e. The summed E-state index contributed by atoms with van der Waals surface area (Å²) in [5.41, 5.74) is 3.65. The first kappa shape index (κ1) is 11.8. The van der Waals surface area contributed by atoms with Crippen molar-refractivity contribution in [2.45, 2.75) is 13.5 Å². The van der Waals surface area contributed by atoms with Crippen molar-refractivity contribution in [3.05, 3.63) is 54.1 Å². The molecular formula is C15H14FN3. The molecule has 0 amide bonds. The van der Waals surface area contributed by atoms with Gasteiger partial charge >= 0.3 is 0 Å². The van der Waals surface area contributed by atoms with Crippen LogP contribution in [0.25, 0.3) is 11.1 Å². The summed E-state index contributed by atoms with van der Waals surface area (Å²) in [6, 6.07) is 5.10. The zero-order chi connectivity index (χ0) is 13.2. The zero-order valence-corrected chi connectivity index (χ0v) is 10.7. The fourth-order valence-corrected chi connectivity index (χ4v) is 2.10. The molecule has 2 aromatic rings. The molecule has 1 aromatic heterocycles. The lowest BCUT2D eigenvalue weighted by molar-refractivity contribution is 0.619. The van der Waals surface area contributed by atoms with Gasteiger partial charge in [-0.05, 0) is 36.3 Å². The fourth-order valence-electron chi connectivity index (χ4n) is 2.10. The van der Waals surface area contributed by atoms with Gasteiger partial charge in [-0.15, -0.1) is 0 Å². The predicted octanol–water partition coefficient (Wildman–Crippen LogP) is 3.01. The molecule has 0 radical (unpaired) electrons. The maximum atomic E-state index is 13.2. The van der Waals surface area contributed by atoms with Gasteiger partial charge in [-0.1, -0.05) is 12.1 Å². The van der Waals surface area contributed by atoms with Crippen molar-refractivity contribution in [1.29, 1.82) is 0 Å². The largest absolute Gasteiger partial charge is 0.284 e. The van der Waals surface area contributed by atoms with Crippen LogP contribution in [0.4, 0.5) is 4.39 Å². The number of rotatable bonds is 3. The predicted molar refractivity (Wildman–Crippen MR) is 73.8 cm³/mol. The van der Waals surface area contributed by atoms with Crippen molar-refractivity contribution in [1.82, 2.24) is 9.78 Å². The van der Waals surface area contributed by atoms with E-state index in [2.05, 4.69) is 10.1 Å². The van der Waals surface area contributed by atoms with Crippen molar-refractivity contribution < 1.29 is 4.39 Å². The molecule has 96 valence electrons. The van der Waals surface area contributed by atoms with Gasteiger partial charge in [-0.25, -0.2) is 4.39 Å². The quantitative estimate of drug-likeness (QED) is 0.829. The summed E-state index contributed by atoms with van der Waals surface area (Å²) in [6.07, 6.45) is 7.81. The van der Waals surface area contributed by atoms with Crippen LogP contribution in [0.1, 0.15) is 5.56 Å². The summed E-state index contributed by atoms with van der Waals surface area (Å²) in [6.45, 7) is 3.21. The number of benzene rings is 1. The Morgan fingerprint density at radius 2 is 2.21 bits per heavy atom. The van der Waals surface area contributed by atoms with E-state index in [0.717, 1.165) is 23.4 Å². The van der Waals surface area contributed by atoms with Crippen LogP contribution in [0.3, 0.4) is 0 Å². The summed E-state index contributed by atoms with van der Waals surface area (Å²) >= 11 is 0. The van der Waals surface area contributed by atoms with E-state index in [0.29, 0.717) is 12.1 Å². The topological polar surface area (TPSA) is 30.2 Å². The Balaban J connectivity index is 1.84. The molecule has 1 aliphatic heterocycles. The van der Waals surface area contributed by atoms with E-state index in [1.807, 2.05) is 29.1 Å². The van der Waals surface area contributed by atoms with Gasteiger partial charge in [0.25, 0.3) is 0 Å². The number of aliphatic imine (C=N–C) groups is 1. The van der Waals surface area contributed by atoms with Crippen molar-refractivity contribution in [2.24, 2.45) is 4.99 Å². The van der Waals surface area contributed by atoms with E-state index in [-0.39, 0.29) is 5.82 Å². The third-order valence-electron chi connectivity index (χ3n) is 3.16. The van der Waals surface area contributed by atoms with Crippen LogP contribution in [-0.2, 0) is 6.54 Å². The van der Waals surface area contributed by atoms with Crippen LogP contribution in [0.15, 0.2) is 47.7 Å². The van der Waals surface area contributed by atoms with Crippen molar-refractivity contribution in [3.63, 3.8) is 0 Å². The molecule has 0 atom stereocenters. The highest BCUT2D eigenvalue weighted by molar-refractivity contribution is 5.96. The monoisotopic (exact) mass is 255 g/mol. The SMILES string of the molecule is Cc1cc(-c2cnn(CC3=NCC=C3)c2)ccc1F. The lowest BCUT2D eigenvalue weighted by Crippen LogP contribution is -2.06. The van der Waals surface area contributed by atoms with Gasteiger partial charge in [0.1, 0.15) is 5.82 Å². The molecule has 0 fully saturated rings. The summed E-state index contributed by atoms with van der Waals surface area (Å²) in [7, 11) is 0. The summed E-state index contributed by atoms with van der Waals surface area (Å²) in [5.74, 6) is -0.179. The first-order valence-electron chi connectivity index (χ1n) is 6.21. The van der Waals surface area contributed by atoms with E-state index < -0.39 is 0 Å². The number of allylic oxidation sites excluding steroid dienone is 1. The maximum absolute atomic E-state index is 13.2. The second kappa shape index (κ2) is 4.80. The molecule has 0 bridgehead atoms. The van der Waals surface area contributed by atoms with E-state index in [4.69, 9.17) is 0 Å². The number of aryl methyl sites for hydroxylation is 1. The minimum absolute atomic E-state index is 0.179. The number of nitrogens with zero attached hydrogens (tertiary/aromatic N) is 3. The number of halogens is 1. The number of hydrogen-bond donors (Lipinski definition) is 0. The fraction of sp³-hybridized carbons (Fsp3) is 0.200. The van der Waals surface area contributed by atoms with Crippen LogP contribution in [0.5, 0.6) is 0 Å². The second-order valence-corrected chi connectivity index (χ2v) is 4.62. The Morgan fingerprint density at radius 1 is 1.32 bits per heavy atom. The Bertz CT molecular complexity index is 668. The molecule has 19 heavy (non-hydrogen) atoms. The van der Waals surface area contributed by atoms with Gasteiger partial charge in [-0.2, -0.15) is 5.10 Å². The van der Waals surface area contributed by atoms with Crippen molar-refractivity contribution >= 4 is 5.71 Å². The van der Waals surface area contributed by atoms with Gasteiger partial charge in [0.2, 0.25) is 0 Å². The molecule has 3 rings (SSSR count). The number of hydrogen-bond acceptors (Lipinski definition) is 2. The number of aromatic nitrogens is 2. The van der Waals surface area contributed by atoms with E-state index in [1.54, 1.807) is 19.2 Å². The average molecular weight is 255 g/mol. The third-order valence-corrected chi connectivity index (χ3v) is 3.16. The average Bonchev–Trinajstić information content (AvgIpc) is 3.05. The third kappa shape index (κ3) is 2.47. The van der Waals surface area contributed by atoms with E-state index in [1.165, 1.54) is 6.07 Å². The van der Waals surface area contributed by atoms with Gasteiger partial charge in [0.05, 0.1) is 25.0 Å². The Kier molecular flexibility index (Phi) is 2.99. The lowest BCUT2D eigenvalue weighted by Gasteiger charge is -2.01. The summed E-state index contributed by atoms with van der Waals surface area (Å²) in [5, 5.41) is 4.32. The van der Waals surface area contributed by atoms with Gasteiger partial charge in [0, 0.05) is 11.8 Å². The molecule has 2 heterocycles. The Labute approximate surface area is 111 Å². The van der Waals surface area contributed by atoms with Crippen LogP contribution < -0.4 is 0 Å². The van der Waals surface area contributed by atoms with E-state index >= 15 is 0 Å². The van der Waals surface area contributed by atoms with Crippen molar-refractivity contribution in [2.75, 3.05) is 6.54 Å². The van der Waals surface area contributed by atoms with Crippen LogP contribution in [0, 0.1) is 12.7 Å². The molecule has 0 saturated heterocycles. The van der Waals surface area contributed by atoms with Crippen molar-refractivity contribution in [3.8, 4) is 11.1 Å². The second-order valence-electron chi connectivity index (χ2n) is 4.62. The molecular weight excluding hydrogens is 241 g/mol. The Morgan fingerprint density at radius 3 is 2.95 bits per heavy atom. The standard InChI is InChI=1S/C15H14FN3/c1-11-7-12(4-5-15(11)16)13-8-18-19(9-13)10-14-3-2-6-17-14/h2-5,7-9H,6,10H2,1H3. The minimum Gasteiger partial charge on any atom is -0.284 e. The first-order valence-corrected chi connectivity index (χ1v) is 6.21. The maximum Gasteiger partial charge on any atom is 0.126 e. The highest BCUT2D eigenvalue weighted by atomic mass is 19.1. The van der Waals surface area contributed by atoms with Gasteiger partial charge < -0.3 is 0 Å². The Hall–Kier alpha value is -2.23. The minimum atomic E-state index is -0.179. The van der Waals surface area contributed by atoms with E-state index in [9.17, 15) is 4.39 Å². The highest BCUT2D eigenvalue weighted by Gasteiger charge is 2.06. The van der Waals surface area contributed by atoms with Crippen LogP contribution in [0.2, 0.25) is 0 Å². The van der Waals surface area contributed by atoms with Gasteiger partial charge in [0.15, 0.2) is 0 Å². The summed E-state index contributed by atoms with van der Waals surface area (Å²) < 4.78 is 15.1. The molecule has 1 aromatic carbocycles. The molecule has 0 spiro atoms. The van der Waals surface area contributed by atoms with Crippen LogP contribution >= 0.6 is 0 Å². The lowest BCUT2D eigenvalue weighted by atomic mass is 10.1. The molecule has 3 nitrogen and oxygen atoms in total.